The number of aryl methyl sites for hydroxylation is 1. The Hall–Kier alpha value is -1.88. The standard InChI is InChI=1S/C16H19N3OS/c1-9-4-3-5-12(10(9)2)20-8-13-19-14(11-6-7-11)15(21-13)16(17)18/h3-5,11H,6-8H2,1-2H3,(H3,17,18). The summed E-state index contributed by atoms with van der Waals surface area (Å²) >= 11 is 1.48. The minimum Gasteiger partial charge on any atom is -0.486 e. The lowest BCUT2D eigenvalue weighted by atomic mass is 10.1. The second-order valence-electron chi connectivity index (χ2n) is 5.50. The van der Waals surface area contributed by atoms with Crippen molar-refractivity contribution < 1.29 is 4.74 Å². The highest BCUT2D eigenvalue weighted by Crippen LogP contribution is 2.42. The van der Waals surface area contributed by atoms with E-state index in [2.05, 4.69) is 24.9 Å². The zero-order valence-corrected chi connectivity index (χ0v) is 13.1. The van der Waals surface area contributed by atoms with E-state index in [-0.39, 0.29) is 5.84 Å². The molecule has 3 N–H and O–H groups in total. The summed E-state index contributed by atoms with van der Waals surface area (Å²) in [5.74, 6) is 1.50. The van der Waals surface area contributed by atoms with Gasteiger partial charge in [0.2, 0.25) is 0 Å². The first-order valence-electron chi connectivity index (χ1n) is 7.09. The van der Waals surface area contributed by atoms with Crippen molar-refractivity contribution in [2.24, 2.45) is 5.73 Å². The zero-order valence-electron chi connectivity index (χ0n) is 12.3. The lowest BCUT2D eigenvalue weighted by molar-refractivity contribution is 0.303. The molecule has 1 fully saturated rings. The molecule has 2 aromatic rings. The maximum absolute atomic E-state index is 7.68. The van der Waals surface area contributed by atoms with E-state index in [1.54, 1.807) is 0 Å². The molecular weight excluding hydrogens is 282 g/mol. The number of thiazole rings is 1. The normalized spacial score (nSPS) is 14.2. The fraction of sp³-hybridized carbons (Fsp3) is 0.375. The topological polar surface area (TPSA) is 72.0 Å². The first kappa shape index (κ1) is 14.1. The van der Waals surface area contributed by atoms with Gasteiger partial charge in [-0.15, -0.1) is 11.3 Å². The number of hydrogen-bond donors (Lipinski definition) is 2. The van der Waals surface area contributed by atoms with Crippen LogP contribution in [0.2, 0.25) is 0 Å². The predicted octanol–water partition coefficient (Wildman–Crippen LogP) is 3.50. The second kappa shape index (κ2) is 5.48. The molecule has 0 atom stereocenters. The fourth-order valence-electron chi connectivity index (χ4n) is 2.29. The summed E-state index contributed by atoms with van der Waals surface area (Å²) in [6.07, 6.45) is 2.31. The molecule has 21 heavy (non-hydrogen) atoms. The molecule has 1 aromatic heterocycles. The molecule has 1 heterocycles. The average molecular weight is 301 g/mol. The quantitative estimate of drug-likeness (QED) is 0.656. The van der Waals surface area contributed by atoms with Crippen molar-refractivity contribution >= 4 is 17.2 Å². The highest BCUT2D eigenvalue weighted by atomic mass is 32.1. The van der Waals surface area contributed by atoms with Gasteiger partial charge in [0.05, 0.1) is 10.6 Å². The number of nitrogens with one attached hydrogen (secondary N) is 1. The Morgan fingerprint density at radius 3 is 2.86 bits per heavy atom. The van der Waals surface area contributed by atoms with E-state index in [9.17, 15) is 0 Å². The first-order valence-corrected chi connectivity index (χ1v) is 7.91. The van der Waals surface area contributed by atoms with Crippen LogP contribution in [0, 0.1) is 19.3 Å². The molecule has 1 saturated carbocycles. The van der Waals surface area contributed by atoms with Crippen LogP contribution in [0.4, 0.5) is 0 Å². The van der Waals surface area contributed by atoms with Crippen LogP contribution in [0.3, 0.4) is 0 Å². The van der Waals surface area contributed by atoms with E-state index in [1.165, 1.54) is 16.9 Å². The van der Waals surface area contributed by atoms with Gasteiger partial charge in [-0.25, -0.2) is 4.98 Å². The smallest absolute Gasteiger partial charge is 0.140 e. The average Bonchev–Trinajstić information content (AvgIpc) is 3.20. The van der Waals surface area contributed by atoms with Crippen molar-refractivity contribution in [3.05, 3.63) is 44.9 Å². The van der Waals surface area contributed by atoms with Gasteiger partial charge in [0.25, 0.3) is 0 Å². The van der Waals surface area contributed by atoms with Gasteiger partial charge in [0.15, 0.2) is 0 Å². The molecule has 4 nitrogen and oxygen atoms in total. The van der Waals surface area contributed by atoms with Crippen molar-refractivity contribution in [3.8, 4) is 5.75 Å². The molecule has 1 aromatic carbocycles. The Labute approximate surface area is 128 Å². The number of ether oxygens (including phenoxy) is 1. The third kappa shape index (κ3) is 2.93. The van der Waals surface area contributed by atoms with Gasteiger partial charge in [-0.3, -0.25) is 5.41 Å². The highest BCUT2D eigenvalue weighted by molar-refractivity contribution is 7.13. The molecule has 3 rings (SSSR count). The van der Waals surface area contributed by atoms with Crippen LogP contribution in [0.15, 0.2) is 18.2 Å². The lowest BCUT2D eigenvalue weighted by Gasteiger charge is -2.09. The van der Waals surface area contributed by atoms with Crippen molar-refractivity contribution in [1.29, 1.82) is 5.41 Å². The van der Waals surface area contributed by atoms with Gasteiger partial charge in [-0.1, -0.05) is 12.1 Å². The predicted molar refractivity (Wildman–Crippen MR) is 85.4 cm³/mol. The maximum Gasteiger partial charge on any atom is 0.140 e. The summed E-state index contributed by atoms with van der Waals surface area (Å²) in [6.45, 7) is 4.57. The molecule has 5 heteroatoms. The minimum absolute atomic E-state index is 0.118. The van der Waals surface area contributed by atoms with Crippen LogP contribution in [0.1, 0.15) is 45.5 Å². The van der Waals surface area contributed by atoms with Crippen LogP contribution < -0.4 is 10.5 Å². The Morgan fingerprint density at radius 1 is 1.43 bits per heavy atom. The number of rotatable bonds is 5. The fourth-order valence-corrected chi connectivity index (χ4v) is 3.21. The molecule has 110 valence electrons. The van der Waals surface area contributed by atoms with Crippen LogP contribution in [-0.4, -0.2) is 10.8 Å². The third-order valence-electron chi connectivity index (χ3n) is 3.81. The number of nitrogens with two attached hydrogens (primary N) is 1. The lowest BCUT2D eigenvalue weighted by Crippen LogP contribution is -2.11. The molecule has 0 radical (unpaired) electrons. The van der Waals surface area contributed by atoms with Crippen molar-refractivity contribution in [3.63, 3.8) is 0 Å². The van der Waals surface area contributed by atoms with Crippen LogP contribution in [0.25, 0.3) is 0 Å². The van der Waals surface area contributed by atoms with Crippen LogP contribution in [0.5, 0.6) is 5.75 Å². The van der Waals surface area contributed by atoms with Crippen LogP contribution >= 0.6 is 11.3 Å². The van der Waals surface area contributed by atoms with Crippen molar-refractivity contribution in [2.45, 2.75) is 39.2 Å². The minimum atomic E-state index is 0.118. The summed E-state index contributed by atoms with van der Waals surface area (Å²) in [7, 11) is 0. The third-order valence-corrected chi connectivity index (χ3v) is 4.89. The Kier molecular flexibility index (Phi) is 3.68. The monoisotopic (exact) mass is 301 g/mol. The van der Waals surface area contributed by atoms with E-state index >= 15 is 0 Å². The summed E-state index contributed by atoms with van der Waals surface area (Å²) in [6, 6.07) is 6.05. The molecule has 0 amide bonds. The van der Waals surface area contributed by atoms with E-state index in [1.807, 2.05) is 12.1 Å². The van der Waals surface area contributed by atoms with Gasteiger partial charge in [-0.2, -0.15) is 0 Å². The SMILES string of the molecule is Cc1cccc(OCc2nc(C3CC3)c(C(=N)N)s2)c1C. The van der Waals surface area contributed by atoms with Gasteiger partial charge in [0, 0.05) is 5.92 Å². The molecule has 1 aliphatic rings. The summed E-state index contributed by atoms with van der Waals surface area (Å²) in [5.41, 5.74) is 9.02. The largest absolute Gasteiger partial charge is 0.486 e. The number of nitrogen functional groups attached to an aromatic ring is 1. The molecule has 0 unspecified atom stereocenters. The molecule has 0 saturated heterocycles. The molecule has 1 aliphatic carbocycles. The molecule has 0 bridgehead atoms. The summed E-state index contributed by atoms with van der Waals surface area (Å²) in [5, 5.41) is 8.57. The second-order valence-corrected chi connectivity index (χ2v) is 6.58. The highest BCUT2D eigenvalue weighted by Gasteiger charge is 2.30. The summed E-state index contributed by atoms with van der Waals surface area (Å²) in [4.78, 5) is 5.45. The number of amidine groups is 1. The van der Waals surface area contributed by atoms with E-state index in [4.69, 9.17) is 15.9 Å². The number of hydrogen-bond acceptors (Lipinski definition) is 4. The van der Waals surface area contributed by atoms with Crippen LogP contribution in [-0.2, 0) is 6.61 Å². The van der Waals surface area contributed by atoms with Crippen molar-refractivity contribution in [1.82, 2.24) is 4.98 Å². The maximum atomic E-state index is 7.68. The zero-order chi connectivity index (χ0) is 15.0. The Morgan fingerprint density at radius 2 is 2.19 bits per heavy atom. The molecule has 0 spiro atoms. The molecular formula is C16H19N3OS. The Balaban J connectivity index is 1.77. The number of nitrogens with zero attached hydrogens (tertiary/aromatic N) is 1. The molecule has 0 aliphatic heterocycles. The number of benzene rings is 1. The first-order chi connectivity index (χ1) is 10.1. The van der Waals surface area contributed by atoms with Gasteiger partial charge >= 0.3 is 0 Å². The van der Waals surface area contributed by atoms with Crippen molar-refractivity contribution in [2.75, 3.05) is 0 Å². The van der Waals surface area contributed by atoms with Gasteiger partial charge in [-0.05, 0) is 43.9 Å². The number of aromatic nitrogens is 1. The summed E-state index contributed by atoms with van der Waals surface area (Å²) < 4.78 is 5.89. The van der Waals surface area contributed by atoms with E-state index < -0.39 is 0 Å². The van der Waals surface area contributed by atoms with E-state index in [0.717, 1.165) is 39.7 Å². The van der Waals surface area contributed by atoms with E-state index in [0.29, 0.717) is 12.5 Å². The van der Waals surface area contributed by atoms with Gasteiger partial charge < -0.3 is 10.5 Å². The van der Waals surface area contributed by atoms with Gasteiger partial charge in [0.1, 0.15) is 23.2 Å². The Bertz CT molecular complexity index is 689.